The Hall–Kier alpha value is -2.27. The van der Waals surface area contributed by atoms with Gasteiger partial charge < -0.3 is 19.2 Å². The van der Waals surface area contributed by atoms with Gasteiger partial charge in [-0.1, -0.05) is 12.1 Å². The first-order valence-corrected chi connectivity index (χ1v) is 8.37. The van der Waals surface area contributed by atoms with Crippen molar-refractivity contribution in [2.75, 3.05) is 13.7 Å². The van der Waals surface area contributed by atoms with E-state index in [2.05, 4.69) is 0 Å². The fourth-order valence-electron chi connectivity index (χ4n) is 3.52. The van der Waals surface area contributed by atoms with E-state index in [9.17, 15) is 9.90 Å². The number of amides is 1. The van der Waals surface area contributed by atoms with Crippen LogP contribution in [0.3, 0.4) is 0 Å². The van der Waals surface area contributed by atoms with Gasteiger partial charge in [0.2, 0.25) is 0 Å². The number of hydrogen-bond donors (Lipinski definition) is 1. The van der Waals surface area contributed by atoms with Gasteiger partial charge in [0.25, 0.3) is 5.91 Å². The lowest BCUT2D eigenvalue weighted by molar-refractivity contribution is 0.0713. The number of benzene rings is 1. The second kappa shape index (κ2) is 5.98. The Balaban J connectivity index is 1.64. The van der Waals surface area contributed by atoms with E-state index in [0.717, 1.165) is 29.9 Å². The maximum Gasteiger partial charge on any atom is 0.258 e. The normalized spacial score (nSPS) is 23.5. The molecule has 1 aromatic heterocycles. The predicted octanol–water partition coefficient (Wildman–Crippen LogP) is 3.11. The number of ether oxygens (including phenoxy) is 1. The number of methoxy groups -OCH3 is 1. The molecule has 1 aliphatic carbocycles. The predicted molar refractivity (Wildman–Crippen MR) is 88.1 cm³/mol. The third-order valence-electron chi connectivity index (χ3n) is 4.89. The number of carbonyl (C=O) groups is 1. The molecule has 1 amide bonds. The summed E-state index contributed by atoms with van der Waals surface area (Å²) in [6.45, 7) is 0.343. The van der Waals surface area contributed by atoms with Crippen molar-refractivity contribution in [2.24, 2.45) is 0 Å². The maximum absolute atomic E-state index is 13.1. The molecule has 126 valence electrons. The second-order valence-electron chi connectivity index (χ2n) is 6.61. The van der Waals surface area contributed by atoms with Gasteiger partial charge in [0.15, 0.2) is 0 Å². The molecule has 0 spiro atoms. The first-order valence-electron chi connectivity index (χ1n) is 8.37. The van der Waals surface area contributed by atoms with Crippen LogP contribution in [0, 0.1) is 0 Å². The highest BCUT2D eigenvalue weighted by atomic mass is 16.5. The molecule has 1 saturated heterocycles. The van der Waals surface area contributed by atoms with Crippen LogP contribution in [0.25, 0.3) is 0 Å². The van der Waals surface area contributed by atoms with Crippen molar-refractivity contribution in [3.8, 4) is 5.75 Å². The van der Waals surface area contributed by atoms with E-state index < -0.39 is 6.10 Å². The summed E-state index contributed by atoms with van der Waals surface area (Å²) in [5, 5.41) is 10.1. The first kappa shape index (κ1) is 15.3. The summed E-state index contributed by atoms with van der Waals surface area (Å²) in [7, 11) is 1.62. The van der Waals surface area contributed by atoms with E-state index in [-0.39, 0.29) is 11.9 Å². The summed E-state index contributed by atoms with van der Waals surface area (Å²) in [5.41, 5.74) is 1.62. The minimum atomic E-state index is -0.513. The van der Waals surface area contributed by atoms with E-state index in [1.54, 1.807) is 24.3 Å². The molecule has 5 heteroatoms. The monoisotopic (exact) mass is 327 g/mol. The highest BCUT2D eigenvalue weighted by Crippen LogP contribution is 2.43. The fourth-order valence-corrected chi connectivity index (χ4v) is 3.52. The average molecular weight is 327 g/mol. The van der Waals surface area contributed by atoms with E-state index in [1.807, 2.05) is 24.3 Å². The molecule has 2 fully saturated rings. The van der Waals surface area contributed by atoms with Gasteiger partial charge in [-0.25, -0.2) is 0 Å². The maximum atomic E-state index is 13.1. The molecular formula is C19H21NO4. The summed E-state index contributed by atoms with van der Waals surface area (Å²) < 4.78 is 10.8. The lowest BCUT2D eigenvalue weighted by atomic mass is 10.0. The number of aliphatic hydroxyl groups is 1. The minimum Gasteiger partial charge on any atom is -0.497 e. The smallest absolute Gasteiger partial charge is 0.258 e. The number of aliphatic hydroxyl groups excluding tert-OH is 1. The van der Waals surface area contributed by atoms with Crippen molar-refractivity contribution in [2.45, 2.75) is 37.3 Å². The summed E-state index contributed by atoms with van der Waals surface area (Å²) >= 11 is 0. The van der Waals surface area contributed by atoms with Crippen molar-refractivity contribution >= 4 is 5.91 Å². The molecule has 2 aliphatic rings. The molecule has 24 heavy (non-hydrogen) atoms. The molecular weight excluding hydrogens is 306 g/mol. The first-order chi connectivity index (χ1) is 11.7. The SMILES string of the molecule is COc1cccc([C@@H]2C[C@H](O)CN2C(=O)c2ccoc2C2CC2)c1. The van der Waals surface area contributed by atoms with Crippen molar-refractivity contribution in [3.63, 3.8) is 0 Å². The molecule has 5 nitrogen and oxygen atoms in total. The molecule has 0 unspecified atom stereocenters. The van der Waals surface area contributed by atoms with Gasteiger partial charge in [-0.05, 0) is 43.0 Å². The lowest BCUT2D eigenvalue weighted by Crippen LogP contribution is -2.32. The number of nitrogens with zero attached hydrogens (tertiary/aromatic N) is 1. The third-order valence-corrected chi connectivity index (χ3v) is 4.89. The van der Waals surface area contributed by atoms with Gasteiger partial charge in [0.05, 0.1) is 31.1 Å². The fraction of sp³-hybridized carbons (Fsp3) is 0.421. The van der Waals surface area contributed by atoms with Gasteiger partial charge in [-0.3, -0.25) is 4.79 Å². The number of furan rings is 1. The summed E-state index contributed by atoms with van der Waals surface area (Å²) in [6.07, 6.45) is 3.77. The molecule has 2 atom stereocenters. The second-order valence-corrected chi connectivity index (χ2v) is 6.61. The Kier molecular flexibility index (Phi) is 3.81. The molecule has 2 aromatic rings. The summed E-state index contributed by atoms with van der Waals surface area (Å²) in [4.78, 5) is 14.8. The van der Waals surface area contributed by atoms with Crippen LogP contribution in [-0.4, -0.2) is 35.7 Å². The Morgan fingerprint density at radius 1 is 1.33 bits per heavy atom. The van der Waals surface area contributed by atoms with Gasteiger partial charge in [-0.2, -0.15) is 0 Å². The summed E-state index contributed by atoms with van der Waals surface area (Å²) in [5.74, 6) is 1.87. The standard InChI is InChI=1S/C19H21NO4/c1-23-15-4-2-3-13(9-15)17-10-14(21)11-20(17)19(22)16-7-8-24-18(16)12-5-6-12/h2-4,7-9,12,14,17,21H,5-6,10-11H2,1H3/t14-,17-/m0/s1. The Bertz CT molecular complexity index is 749. The zero-order chi connectivity index (χ0) is 16.7. The van der Waals surface area contributed by atoms with Crippen LogP contribution in [0.1, 0.15) is 52.9 Å². The van der Waals surface area contributed by atoms with Gasteiger partial charge in [0, 0.05) is 12.5 Å². The number of hydrogen-bond acceptors (Lipinski definition) is 4. The van der Waals surface area contributed by atoms with Crippen LogP contribution in [0.5, 0.6) is 5.75 Å². The minimum absolute atomic E-state index is 0.0602. The van der Waals surface area contributed by atoms with Crippen LogP contribution in [0.15, 0.2) is 41.0 Å². The molecule has 0 bridgehead atoms. The number of likely N-dealkylation sites (tertiary alicyclic amines) is 1. The Morgan fingerprint density at radius 3 is 2.92 bits per heavy atom. The number of carbonyl (C=O) groups excluding carboxylic acids is 1. The highest BCUT2D eigenvalue weighted by Gasteiger charge is 2.39. The van der Waals surface area contributed by atoms with Crippen LogP contribution in [0.2, 0.25) is 0 Å². The topological polar surface area (TPSA) is 62.9 Å². The third kappa shape index (κ3) is 2.69. The number of β-amino-alcohol motifs (C(OH)–C–C–N with tert-alkyl or cyclic N) is 1. The molecule has 1 aliphatic heterocycles. The largest absolute Gasteiger partial charge is 0.497 e. The van der Waals surface area contributed by atoms with E-state index in [1.165, 1.54) is 0 Å². The van der Waals surface area contributed by atoms with Gasteiger partial charge in [0.1, 0.15) is 11.5 Å². The highest BCUT2D eigenvalue weighted by molar-refractivity contribution is 5.96. The lowest BCUT2D eigenvalue weighted by Gasteiger charge is -2.25. The molecule has 4 rings (SSSR count). The zero-order valence-electron chi connectivity index (χ0n) is 13.6. The van der Waals surface area contributed by atoms with Gasteiger partial charge in [-0.15, -0.1) is 0 Å². The summed E-state index contributed by atoms with van der Waals surface area (Å²) in [6, 6.07) is 9.30. The molecule has 1 aromatic carbocycles. The molecule has 2 heterocycles. The van der Waals surface area contributed by atoms with E-state index in [0.29, 0.717) is 24.4 Å². The van der Waals surface area contributed by atoms with Crippen molar-refractivity contribution in [3.05, 3.63) is 53.5 Å². The van der Waals surface area contributed by atoms with Crippen molar-refractivity contribution in [1.82, 2.24) is 4.90 Å². The Labute approximate surface area is 140 Å². The zero-order valence-corrected chi connectivity index (χ0v) is 13.6. The molecule has 1 saturated carbocycles. The average Bonchev–Trinajstić information content (AvgIpc) is 3.19. The van der Waals surface area contributed by atoms with Crippen molar-refractivity contribution < 1.29 is 19.1 Å². The van der Waals surface area contributed by atoms with E-state index >= 15 is 0 Å². The van der Waals surface area contributed by atoms with Crippen LogP contribution in [-0.2, 0) is 0 Å². The molecule has 1 N–H and O–H groups in total. The van der Waals surface area contributed by atoms with Crippen LogP contribution in [0.4, 0.5) is 0 Å². The quantitative estimate of drug-likeness (QED) is 0.937. The molecule has 0 radical (unpaired) electrons. The Morgan fingerprint density at radius 2 is 2.17 bits per heavy atom. The van der Waals surface area contributed by atoms with Crippen molar-refractivity contribution in [1.29, 1.82) is 0 Å². The van der Waals surface area contributed by atoms with Gasteiger partial charge >= 0.3 is 0 Å². The van der Waals surface area contributed by atoms with Crippen LogP contribution >= 0.6 is 0 Å². The van der Waals surface area contributed by atoms with E-state index in [4.69, 9.17) is 9.15 Å². The van der Waals surface area contributed by atoms with Crippen LogP contribution < -0.4 is 4.74 Å². The number of rotatable bonds is 4.